The monoisotopic (exact) mass is 500 g/mol. The topological polar surface area (TPSA) is 93.0 Å². The van der Waals surface area contributed by atoms with Crippen molar-refractivity contribution in [3.05, 3.63) is 95.8 Å². The second kappa shape index (κ2) is 12.0. The predicted octanol–water partition coefficient (Wildman–Crippen LogP) is 4.17. The zero-order valence-electron chi connectivity index (χ0n) is 20.8. The van der Waals surface area contributed by atoms with Crippen LogP contribution < -0.4 is 10.2 Å². The molecule has 37 heavy (non-hydrogen) atoms. The zero-order chi connectivity index (χ0) is 26.2. The number of tetrazole rings is 1. The summed E-state index contributed by atoms with van der Waals surface area (Å²) < 4.78 is 14.2. The third-order valence-electron chi connectivity index (χ3n) is 6.05. The van der Waals surface area contributed by atoms with Crippen LogP contribution in [0.1, 0.15) is 31.4 Å². The number of benzene rings is 3. The number of aromatic nitrogens is 4. The van der Waals surface area contributed by atoms with Crippen LogP contribution in [0.15, 0.2) is 78.9 Å². The second-order valence-corrected chi connectivity index (χ2v) is 8.53. The first kappa shape index (κ1) is 25.7. The molecule has 1 heterocycles. The van der Waals surface area contributed by atoms with E-state index in [0.29, 0.717) is 18.7 Å². The molecule has 0 fully saturated rings. The molecule has 0 unspecified atom stereocenters. The number of amides is 2. The highest BCUT2D eigenvalue weighted by molar-refractivity contribution is 6.00. The molecule has 0 aliphatic rings. The van der Waals surface area contributed by atoms with E-state index in [0.717, 1.165) is 22.3 Å². The van der Waals surface area contributed by atoms with Gasteiger partial charge in [0.05, 0.1) is 5.56 Å². The van der Waals surface area contributed by atoms with E-state index in [1.807, 2.05) is 68.4 Å². The number of carbonyl (C=O) groups excluding carboxylic acids is 2. The van der Waals surface area contributed by atoms with E-state index >= 15 is 0 Å². The average molecular weight is 501 g/mol. The number of anilines is 1. The standard InChI is InChI=1S/C28H29FN6O2/c1-3-20-14-16-22(17-15-20)35(25(4-2)28(37)30-18-21-10-6-5-7-11-21)26(36)19-34-32-27(31-33-34)23-12-8-9-13-24(23)29/h5-17,25H,3-4,18-19H2,1-2H3,(H,30,37)/t25-/m1/s1. The predicted molar refractivity (Wildman–Crippen MR) is 139 cm³/mol. The van der Waals surface area contributed by atoms with Crippen molar-refractivity contribution < 1.29 is 14.0 Å². The number of carbonyl (C=O) groups is 2. The van der Waals surface area contributed by atoms with Crippen molar-refractivity contribution in [3.63, 3.8) is 0 Å². The molecule has 1 atom stereocenters. The van der Waals surface area contributed by atoms with Crippen LogP contribution in [-0.4, -0.2) is 38.1 Å². The summed E-state index contributed by atoms with van der Waals surface area (Å²) in [6.45, 7) is 3.99. The summed E-state index contributed by atoms with van der Waals surface area (Å²) in [6, 6.07) is 22.5. The van der Waals surface area contributed by atoms with Crippen LogP contribution >= 0.6 is 0 Å². The summed E-state index contributed by atoms with van der Waals surface area (Å²) >= 11 is 0. The summed E-state index contributed by atoms with van der Waals surface area (Å²) in [7, 11) is 0. The molecule has 3 aromatic carbocycles. The number of aryl methyl sites for hydroxylation is 1. The van der Waals surface area contributed by atoms with Gasteiger partial charge in [-0.1, -0.05) is 68.4 Å². The first-order chi connectivity index (χ1) is 18.0. The normalized spacial score (nSPS) is 11.6. The largest absolute Gasteiger partial charge is 0.350 e. The maximum Gasteiger partial charge on any atom is 0.251 e. The van der Waals surface area contributed by atoms with Gasteiger partial charge in [-0.3, -0.25) is 14.5 Å². The Balaban J connectivity index is 1.58. The quantitative estimate of drug-likeness (QED) is 0.353. The van der Waals surface area contributed by atoms with E-state index in [1.54, 1.807) is 18.2 Å². The molecule has 0 radical (unpaired) electrons. The van der Waals surface area contributed by atoms with E-state index in [2.05, 4.69) is 20.7 Å². The minimum absolute atomic E-state index is 0.0809. The Bertz CT molecular complexity index is 1340. The third kappa shape index (κ3) is 6.24. The van der Waals surface area contributed by atoms with Gasteiger partial charge in [0.25, 0.3) is 5.91 Å². The molecule has 0 saturated heterocycles. The van der Waals surface area contributed by atoms with E-state index < -0.39 is 11.9 Å². The fourth-order valence-electron chi connectivity index (χ4n) is 4.04. The Labute approximate surface area is 215 Å². The lowest BCUT2D eigenvalue weighted by molar-refractivity contribution is -0.127. The molecule has 0 aliphatic heterocycles. The maximum absolute atomic E-state index is 14.2. The van der Waals surface area contributed by atoms with E-state index in [1.165, 1.54) is 11.0 Å². The molecule has 0 saturated carbocycles. The van der Waals surface area contributed by atoms with Crippen molar-refractivity contribution in [2.24, 2.45) is 0 Å². The number of halogens is 1. The molecule has 4 aromatic rings. The highest BCUT2D eigenvalue weighted by Gasteiger charge is 2.30. The van der Waals surface area contributed by atoms with Gasteiger partial charge in [0.1, 0.15) is 18.4 Å². The molecular weight excluding hydrogens is 471 g/mol. The van der Waals surface area contributed by atoms with Crippen molar-refractivity contribution in [2.45, 2.75) is 45.8 Å². The summed E-state index contributed by atoms with van der Waals surface area (Å²) in [5.74, 6) is -1.05. The molecule has 1 N–H and O–H groups in total. The van der Waals surface area contributed by atoms with Crippen LogP contribution in [0.4, 0.5) is 10.1 Å². The van der Waals surface area contributed by atoms with Crippen molar-refractivity contribution >= 4 is 17.5 Å². The smallest absolute Gasteiger partial charge is 0.251 e. The van der Waals surface area contributed by atoms with Crippen LogP contribution in [0.5, 0.6) is 0 Å². The Morgan fingerprint density at radius 3 is 2.32 bits per heavy atom. The average Bonchev–Trinajstić information content (AvgIpc) is 3.39. The zero-order valence-corrected chi connectivity index (χ0v) is 20.8. The van der Waals surface area contributed by atoms with Crippen molar-refractivity contribution in [3.8, 4) is 11.4 Å². The van der Waals surface area contributed by atoms with Crippen molar-refractivity contribution in [1.82, 2.24) is 25.5 Å². The maximum atomic E-state index is 14.2. The molecule has 0 bridgehead atoms. The molecule has 8 nitrogen and oxygen atoms in total. The Morgan fingerprint density at radius 2 is 1.65 bits per heavy atom. The van der Waals surface area contributed by atoms with Crippen molar-refractivity contribution in [2.75, 3.05) is 4.90 Å². The minimum atomic E-state index is -0.752. The second-order valence-electron chi connectivity index (χ2n) is 8.53. The summed E-state index contributed by atoms with van der Waals surface area (Å²) in [4.78, 5) is 29.5. The number of hydrogen-bond donors (Lipinski definition) is 1. The Hall–Kier alpha value is -4.40. The van der Waals surface area contributed by atoms with Crippen molar-refractivity contribution in [1.29, 1.82) is 0 Å². The SMILES string of the molecule is CCc1ccc(N(C(=O)Cn2nnc(-c3ccccc3F)n2)[C@H](CC)C(=O)NCc2ccccc2)cc1. The lowest BCUT2D eigenvalue weighted by atomic mass is 10.1. The number of nitrogens with zero attached hydrogens (tertiary/aromatic N) is 5. The molecule has 2 amide bonds. The molecule has 9 heteroatoms. The van der Waals surface area contributed by atoms with Gasteiger partial charge in [0, 0.05) is 12.2 Å². The molecule has 1 aromatic heterocycles. The van der Waals surface area contributed by atoms with Gasteiger partial charge in [-0.05, 0) is 53.4 Å². The lowest BCUT2D eigenvalue weighted by Crippen LogP contribution is -2.50. The van der Waals surface area contributed by atoms with Gasteiger partial charge in [0.15, 0.2) is 0 Å². The molecule has 0 spiro atoms. The fourth-order valence-corrected chi connectivity index (χ4v) is 4.04. The first-order valence-corrected chi connectivity index (χ1v) is 12.3. The van der Waals surface area contributed by atoms with Gasteiger partial charge in [-0.15, -0.1) is 10.2 Å². The number of nitrogens with one attached hydrogen (secondary N) is 1. The van der Waals surface area contributed by atoms with Gasteiger partial charge >= 0.3 is 0 Å². The van der Waals surface area contributed by atoms with Crippen LogP contribution in [-0.2, 0) is 29.1 Å². The number of rotatable bonds is 10. The highest BCUT2D eigenvalue weighted by atomic mass is 19.1. The minimum Gasteiger partial charge on any atom is -0.350 e. The van der Waals surface area contributed by atoms with Crippen LogP contribution in [0.3, 0.4) is 0 Å². The molecule has 0 aliphatic carbocycles. The lowest BCUT2D eigenvalue weighted by Gasteiger charge is -2.30. The molecule has 190 valence electrons. The van der Waals surface area contributed by atoms with Gasteiger partial charge in [-0.2, -0.15) is 4.80 Å². The van der Waals surface area contributed by atoms with E-state index in [4.69, 9.17) is 0 Å². The van der Waals surface area contributed by atoms with Gasteiger partial charge in [0.2, 0.25) is 11.7 Å². The van der Waals surface area contributed by atoms with Gasteiger partial charge < -0.3 is 5.32 Å². The highest BCUT2D eigenvalue weighted by Crippen LogP contribution is 2.22. The first-order valence-electron chi connectivity index (χ1n) is 12.3. The van der Waals surface area contributed by atoms with Crippen LogP contribution in [0.25, 0.3) is 11.4 Å². The van der Waals surface area contributed by atoms with Gasteiger partial charge in [-0.25, -0.2) is 4.39 Å². The Kier molecular flexibility index (Phi) is 8.35. The number of hydrogen-bond acceptors (Lipinski definition) is 5. The third-order valence-corrected chi connectivity index (χ3v) is 6.05. The van der Waals surface area contributed by atoms with Crippen LogP contribution in [0, 0.1) is 5.82 Å². The fraction of sp³-hybridized carbons (Fsp3) is 0.250. The molecule has 4 rings (SSSR count). The summed E-state index contributed by atoms with van der Waals surface area (Å²) in [5.41, 5.74) is 2.87. The van der Waals surface area contributed by atoms with E-state index in [-0.39, 0.29) is 29.7 Å². The van der Waals surface area contributed by atoms with Crippen LogP contribution in [0.2, 0.25) is 0 Å². The Morgan fingerprint density at radius 1 is 0.946 bits per heavy atom. The summed E-state index contributed by atoms with van der Waals surface area (Å²) in [6.07, 6.45) is 1.25. The molecular formula is C28H29FN6O2. The van der Waals surface area contributed by atoms with E-state index in [9.17, 15) is 14.0 Å². The summed E-state index contributed by atoms with van der Waals surface area (Å²) in [5, 5.41) is 15.0.